The van der Waals surface area contributed by atoms with Crippen LogP contribution in [-0.4, -0.2) is 38.9 Å². The van der Waals surface area contributed by atoms with E-state index in [-0.39, 0.29) is 5.91 Å². The summed E-state index contributed by atoms with van der Waals surface area (Å²) in [4.78, 5) is 11.0. The average Bonchev–Trinajstić information content (AvgIpc) is 2.35. The van der Waals surface area contributed by atoms with Gasteiger partial charge >= 0.3 is 0 Å². The molecule has 0 aromatic rings. The summed E-state index contributed by atoms with van der Waals surface area (Å²) < 4.78 is 10.5. The Morgan fingerprint density at radius 1 is 0.941 bits per heavy atom. The first-order valence-electron chi connectivity index (χ1n) is 6.73. The van der Waals surface area contributed by atoms with Crippen LogP contribution in [0, 0.1) is 0 Å². The van der Waals surface area contributed by atoms with Gasteiger partial charge in [0, 0.05) is 19.6 Å². The second-order valence-electron chi connectivity index (χ2n) is 3.32. The molecule has 0 saturated carbocycles. The zero-order valence-electron chi connectivity index (χ0n) is 11.9. The number of hydrogen-bond acceptors (Lipinski definition) is 3. The van der Waals surface area contributed by atoms with Gasteiger partial charge in [0.1, 0.15) is 0 Å². The van der Waals surface area contributed by atoms with E-state index in [9.17, 15) is 4.79 Å². The fourth-order valence-corrected chi connectivity index (χ4v) is 1.04. The summed E-state index contributed by atoms with van der Waals surface area (Å²) in [6, 6.07) is 0. The lowest BCUT2D eigenvalue weighted by Gasteiger charge is -2.06. The summed E-state index contributed by atoms with van der Waals surface area (Å²) in [5.74, 6) is 0.100. The van der Waals surface area contributed by atoms with Crippen LogP contribution in [-0.2, 0) is 14.3 Å². The van der Waals surface area contributed by atoms with Crippen LogP contribution < -0.4 is 5.32 Å². The van der Waals surface area contributed by atoms with Crippen LogP contribution in [0.15, 0.2) is 0 Å². The first-order chi connectivity index (χ1) is 8.31. The molecule has 0 rings (SSSR count). The molecule has 4 heteroatoms. The Morgan fingerprint density at radius 2 is 1.53 bits per heavy atom. The average molecular weight is 247 g/mol. The molecule has 104 valence electrons. The first-order valence-corrected chi connectivity index (χ1v) is 6.73. The largest absolute Gasteiger partial charge is 0.379 e. The van der Waals surface area contributed by atoms with Gasteiger partial charge in [0.15, 0.2) is 0 Å². The van der Waals surface area contributed by atoms with E-state index in [0.29, 0.717) is 32.8 Å². The molecule has 1 amide bonds. The van der Waals surface area contributed by atoms with Crippen LogP contribution in [0.4, 0.5) is 0 Å². The minimum Gasteiger partial charge on any atom is -0.379 e. The van der Waals surface area contributed by atoms with Crippen molar-refractivity contribution >= 4 is 5.91 Å². The van der Waals surface area contributed by atoms with E-state index >= 15 is 0 Å². The normalized spacial score (nSPS) is 9.41. The highest BCUT2D eigenvalue weighted by molar-refractivity contribution is 5.75. The summed E-state index contributed by atoms with van der Waals surface area (Å²) in [6.45, 7) is 11.2. The van der Waals surface area contributed by atoms with Crippen molar-refractivity contribution in [3.63, 3.8) is 0 Å². The minimum atomic E-state index is 0.100. The third-order valence-electron chi connectivity index (χ3n) is 1.77. The molecule has 0 heterocycles. The number of amides is 1. The quantitative estimate of drug-likeness (QED) is 0.603. The molecule has 4 nitrogen and oxygen atoms in total. The van der Waals surface area contributed by atoms with E-state index in [0.717, 1.165) is 19.4 Å². The lowest BCUT2D eigenvalue weighted by molar-refractivity contribution is -0.121. The predicted molar refractivity (Wildman–Crippen MR) is 71.2 cm³/mol. The Hall–Kier alpha value is -0.610. The van der Waals surface area contributed by atoms with Crippen molar-refractivity contribution in [2.24, 2.45) is 0 Å². The van der Waals surface area contributed by atoms with Crippen LogP contribution in [0.5, 0.6) is 0 Å². The fraction of sp³-hybridized carbons (Fsp3) is 0.923. The van der Waals surface area contributed by atoms with Gasteiger partial charge in [-0.05, 0) is 12.8 Å². The SMILES string of the molecule is CC.CCCOCCOCCNC(=O)CCC. The van der Waals surface area contributed by atoms with E-state index < -0.39 is 0 Å². The highest BCUT2D eigenvalue weighted by atomic mass is 16.5. The molecule has 0 fully saturated rings. The van der Waals surface area contributed by atoms with E-state index in [1.807, 2.05) is 20.8 Å². The Bertz CT molecular complexity index is 152. The predicted octanol–water partition coefficient (Wildman–Crippen LogP) is 2.37. The molecular weight excluding hydrogens is 218 g/mol. The maximum Gasteiger partial charge on any atom is 0.220 e. The molecule has 0 aliphatic carbocycles. The highest BCUT2D eigenvalue weighted by Crippen LogP contribution is 1.85. The molecular formula is C13H29NO3. The number of ether oxygens (including phenoxy) is 2. The third-order valence-corrected chi connectivity index (χ3v) is 1.77. The Balaban J connectivity index is 0. The molecule has 0 aliphatic rings. The summed E-state index contributed by atoms with van der Waals surface area (Å²) in [5, 5.41) is 2.78. The van der Waals surface area contributed by atoms with Crippen molar-refractivity contribution in [1.82, 2.24) is 5.32 Å². The number of nitrogens with one attached hydrogen (secondary N) is 1. The van der Waals surface area contributed by atoms with Crippen molar-refractivity contribution in [2.45, 2.75) is 47.0 Å². The Kier molecular flexibility index (Phi) is 19.6. The Morgan fingerprint density at radius 3 is 2.06 bits per heavy atom. The first kappa shape index (κ1) is 18.7. The molecule has 1 N–H and O–H groups in total. The zero-order chi connectivity index (χ0) is 13.4. The van der Waals surface area contributed by atoms with Crippen molar-refractivity contribution in [1.29, 1.82) is 0 Å². The van der Waals surface area contributed by atoms with Crippen molar-refractivity contribution in [2.75, 3.05) is 33.0 Å². The summed E-state index contributed by atoms with van der Waals surface area (Å²) in [5.41, 5.74) is 0. The van der Waals surface area contributed by atoms with Gasteiger partial charge < -0.3 is 14.8 Å². The molecule has 0 spiro atoms. The van der Waals surface area contributed by atoms with Gasteiger partial charge in [0.25, 0.3) is 0 Å². The molecule has 0 aliphatic heterocycles. The van der Waals surface area contributed by atoms with Gasteiger partial charge in [-0.3, -0.25) is 4.79 Å². The summed E-state index contributed by atoms with van der Waals surface area (Å²) in [7, 11) is 0. The third kappa shape index (κ3) is 18.0. The molecule has 0 bridgehead atoms. The molecule has 0 aromatic heterocycles. The number of rotatable bonds is 10. The van der Waals surface area contributed by atoms with E-state index in [2.05, 4.69) is 12.2 Å². The minimum absolute atomic E-state index is 0.100. The fourth-order valence-electron chi connectivity index (χ4n) is 1.04. The van der Waals surface area contributed by atoms with Crippen LogP contribution in [0.25, 0.3) is 0 Å². The summed E-state index contributed by atoms with van der Waals surface area (Å²) >= 11 is 0. The molecule has 0 saturated heterocycles. The van der Waals surface area contributed by atoms with E-state index in [4.69, 9.17) is 9.47 Å². The maximum absolute atomic E-state index is 11.0. The van der Waals surface area contributed by atoms with Crippen LogP contribution in [0.2, 0.25) is 0 Å². The van der Waals surface area contributed by atoms with Gasteiger partial charge in [-0.2, -0.15) is 0 Å². The van der Waals surface area contributed by atoms with Gasteiger partial charge in [0.2, 0.25) is 5.91 Å². The number of hydrogen-bond donors (Lipinski definition) is 1. The lowest BCUT2D eigenvalue weighted by atomic mass is 10.3. The van der Waals surface area contributed by atoms with Crippen molar-refractivity contribution < 1.29 is 14.3 Å². The Labute approximate surface area is 106 Å². The maximum atomic E-state index is 11.0. The van der Waals surface area contributed by atoms with Crippen LogP contribution in [0.1, 0.15) is 47.0 Å². The number of carbonyl (C=O) groups excluding carboxylic acids is 1. The molecule has 0 atom stereocenters. The summed E-state index contributed by atoms with van der Waals surface area (Å²) in [6.07, 6.45) is 2.52. The van der Waals surface area contributed by atoms with E-state index in [1.165, 1.54) is 0 Å². The van der Waals surface area contributed by atoms with Gasteiger partial charge in [0.05, 0.1) is 19.8 Å². The van der Waals surface area contributed by atoms with E-state index in [1.54, 1.807) is 0 Å². The second kappa shape index (κ2) is 17.8. The van der Waals surface area contributed by atoms with Crippen LogP contribution in [0.3, 0.4) is 0 Å². The topological polar surface area (TPSA) is 47.6 Å². The van der Waals surface area contributed by atoms with Crippen LogP contribution >= 0.6 is 0 Å². The highest BCUT2D eigenvalue weighted by Gasteiger charge is 1.97. The second-order valence-corrected chi connectivity index (χ2v) is 3.32. The van der Waals surface area contributed by atoms with Gasteiger partial charge in [-0.25, -0.2) is 0 Å². The lowest BCUT2D eigenvalue weighted by Crippen LogP contribution is -2.27. The van der Waals surface area contributed by atoms with Crippen molar-refractivity contribution in [3.05, 3.63) is 0 Å². The smallest absolute Gasteiger partial charge is 0.220 e. The number of carbonyl (C=O) groups is 1. The molecule has 0 unspecified atom stereocenters. The van der Waals surface area contributed by atoms with Crippen molar-refractivity contribution in [3.8, 4) is 0 Å². The molecule has 0 radical (unpaired) electrons. The monoisotopic (exact) mass is 247 g/mol. The molecule has 17 heavy (non-hydrogen) atoms. The standard InChI is InChI=1S/C11H23NO3.C2H6/c1-3-5-11(13)12-6-8-15-10-9-14-7-4-2;1-2/h3-10H2,1-2H3,(H,12,13);1-2H3. The zero-order valence-corrected chi connectivity index (χ0v) is 11.9. The molecule has 0 aromatic carbocycles. The van der Waals surface area contributed by atoms with Gasteiger partial charge in [-0.1, -0.05) is 27.7 Å². The van der Waals surface area contributed by atoms with Gasteiger partial charge in [-0.15, -0.1) is 0 Å².